The topological polar surface area (TPSA) is 43.4 Å². The van der Waals surface area contributed by atoms with E-state index in [9.17, 15) is 8.42 Å². The van der Waals surface area contributed by atoms with Gasteiger partial charge in [0.25, 0.3) is 0 Å². The smallest absolute Gasteiger partial charge is 0.150 e. The summed E-state index contributed by atoms with van der Waals surface area (Å²) in [5.74, 6) is 1.57. The Morgan fingerprint density at radius 2 is 1.71 bits per heavy atom. The molecule has 21 heavy (non-hydrogen) atoms. The van der Waals surface area contributed by atoms with Gasteiger partial charge in [-0.1, -0.05) is 51.3 Å². The predicted molar refractivity (Wildman–Crippen MR) is 88.7 cm³/mol. The van der Waals surface area contributed by atoms with E-state index < -0.39 is 9.84 Å². The molecule has 0 spiro atoms. The predicted octanol–water partition coefficient (Wildman–Crippen LogP) is 4.01. The molecule has 0 aliphatic carbocycles. The summed E-state index contributed by atoms with van der Waals surface area (Å²) >= 11 is 0. The standard InChI is InChI=1S/C17H28O3S/c1-3-11-16-12-7-8-13-17(16)20-14-9-5-6-10-15-21(18,19)4-2/h7-8,12-13H,3-6,9-11,14-15H2,1-2H3. The number of sulfone groups is 1. The van der Waals surface area contributed by atoms with Gasteiger partial charge in [-0.15, -0.1) is 0 Å². The van der Waals surface area contributed by atoms with Crippen LogP contribution in [0.1, 0.15) is 51.5 Å². The monoisotopic (exact) mass is 312 g/mol. The van der Waals surface area contributed by atoms with Gasteiger partial charge in [-0.25, -0.2) is 8.42 Å². The highest BCUT2D eigenvalue weighted by atomic mass is 32.2. The first kappa shape index (κ1) is 18.0. The number of aryl methyl sites for hydroxylation is 1. The maximum absolute atomic E-state index is 11.3. The van der Waals surface area contributed by atoms with Gasteiger partial charge >= 0.3 is 0 Å². The Balaban J connectivity index is 2.17. The molecule has 0 atom stereocenters. The molecule has 0 radical (unpaired) electrons. The lowest BCUT2D eigenvalue weighted by Gasteiger charge is -2.10. The second-order valence-electron chi connectivity index (χ2n) is 5.36. The number of ether oxygens (including phenoxy) is 1. The lowest BCUT2D eigenvalue weighted by atomic mass is 10.1. The van der Waals surface area contributed by atoms with Crippen molar-refractivity contribution in [2.75, 3.05) is 18.1 Å². The average Bonchev–Trinajstić information content (AvgIpc) is 2.48. The van der Waals surface area contributed by atoms with Crippen LogP contribution in [0, 0.1) is 0 Å². The van der Waals surface area contributed by atoms with E-state index in [-0.39, 0.29) is 5.75 Å². The minimum absolute atomic E-state index is 0.254. The van der Waals surface area contributed by atoms with Gasteiger partial charge in [0.1, 0.15) is 15.6 Å². The highest BCUT2D eigenvalue weighted by Gasteiger charge is 2.06. The first-order chi connectivity index (χ1) is 10.1. The Morgan fingerprint density at radius 1 is 1.00 bits per heavy atom. The number of rotatable bonds is 11. The Bertz CT molecular complexity index is 495. The molecule has 0 aliphatic heterocycles. The fraction of sp³-hybridized carbons (Fsp3) is 0.647. The SMILES string of the molecule is CCCc1ccccc1OCCCCCCS(=O)(=O)CC. The molecule has 0 saturated heterocycles. The van der Waals surface area contributed by atoms with Crippen molar-refractivity contribution in [2.24, 2.45) is 0 Å². The van der Waals surface area contributed by atoms with Crippen LogP contribution in [0.4, 0.5) is 0 Å². The first-order valence-electron chi connectivity index (χ1n) is 8.00. The lowest BCUT2D eigenvalue weighted by molar-refractivity contribution is 0.302. The first-order valence-corrected chi connectivity index (χ1v) is 9.82. The van der Waals surface area contributed by atoms with Crippen molar-refractivity contribution in [2.45, 2.75) is 52.4 Å². The van der Waals surface area contributed by atoms with Crippen molar-refractivity contribution in [1.82, 2.24) is 0 Å². The minimum atomic E-state index is -2.80. The Labute approximate surface area is 129 Å². The average molecular weight is 312 g/mol. The number of unbranched alkanes of at least 4 members (excludes halogenated alkanes) is 3. The van der Waals surface area contributed by atoms with Crippen LogP contribution in [0.5, 0.6) is 5.75 Å². The molecule has 0 fully saturated rings. The van der Waals surface area contributed by atoms with Crippen LogP contribution in [-0.4, -0.2) is 26.5 Å². The zero-order chi connectivity index (χ0) is 15.6. The summed E-state index contributed by atoms with van der Waals surface area (Å²) in [6, 6.07) is 8.20. The third-order valence-corrected chi connectivity index (χ3v) is 5.33. The molecule has 4 heteroatoms. The van der Waals surface area contributed by atoms with Crippen molar-refractivity contribution in [3.05, 3.63) is 29.8 Å². The van der Waals surface area contributed by atoms with Crippen molar-refractivity contribution in [1.29, 1.82) is 0 Å². The molecule has 1 aromatic carbocycles. The molecule has 0 N–H and O–H groups in total. The molecule has 0 unspecified atom stereocenters. The van der Waals surface area contributed by atoms with Gasteiger partial charge < -0.3 is 4.74 Å². The van der Waals surface area contributed by atoms with Gasteiger partial charge in [0.05, 0.1) is 12.4 Å². The van der Waals surface area contributed by atoms with Gasteiger partial charge in [-0.05, 0) is 30.9 Å². The van der Waals surface area contributed by atoms with E-state index in [1.807, 2.05) is 18.2 Å². The summed E-state index contributed by atoms with van der Waals surface area (Å²) in [5, 5.41) is 0. The molecule has 0 saturated carbocycles. The summed E-state index contributed by atoms with van der Waals surface area (Å²) in [7, 11) is -2.80. The number of benzene rings is 1. The molecule has 1 rings (SSSR count). The van der Waals surface area contributed by atoms with Crippen LogP contribution in [0.3, 0.4) is 0 Å². The summed E-state index contributed by atoms with van der Waals surface area (Å²) in [5.41, 5.74) is 1.27. The summed E-state index contributed by atoms with van der Waals surface area (Å²) < 4.78 is 28.5. The molecule has 120 valence electrons. The van der Waals surface area contributed by atoms with Crippen molar-refractivity contribution >= 4 is 9.84 Å². The molecule has 0 amide bonds. The molecule has 1 aromatic rings. The highest BCUT2D eigenvalue weighted by molar-refractivity contribution is 7.91. The van der Waals surface area contributed by atoms with Crippen LogP contribution in [0.25, 0.3) is 0 Å². The van der Waals surface area contributed by atoms with Crippen molar-refractivity contribution in [3.8, 4) is 5.75 Å². The fourth-order valence-corrected chi connectivity index (χ4v) is 3.16. The molecule has 0 bridgehead atoms. The van der Waals surface area contributed by atoms with Crippen LogP contribution in [0.15, 0.2) is 24.3 Å². The molecule has 3 nitrogen and oxygen atoms in total. The summed E-state index contributed by atoms with van der Waals surface area (Å²) in [6.07, 6.45) is 5.89. The van der Waals surface area contributed by atoms with Crippen molar-refractivity contribution in [3.63, 3.8) is 0 Å². The van der Waals surface area contributed by atoms with E-state index in [2.05, 4.69) is 13.0 Å². The van der Waals surface area contributed by atoms with E-state index in [0.29, 0.717) is 12.4 Å². The Hall–Kier alpha value is -1.03. The van der Waals surface area contributed by atoms with Gasteiger partial charge in [0, 0.05) is 5.75 Å². The Kier molecular flexibility index (Phi) is 8.43. The van der Waals surface area contributed by atoms with E-state index >= 15 is 0 Å². The second-order valence-corrected chi connectivity index (χ2v) is 7.83. The molecule has 0 heterocycles. The lowest BCUT2D eigenvalue weighted by Crippen LogP contribution is -2.08. The van der Waals surface area contributed by atoms with E-state index in [4.69, 9.17) is 4.74 Å². The van der Waals surface area contributed by atoms with Gasteiger partial charge in [0.15, 0.2) is 0 Å². The molecule has 0 aromatic heterocycles. The van der Waals surface area contributed by atoms with Crippen molar-refractivity contribution < 1.29 is 13.2 Å². The van der Waals surface area contributed by atoms with E-state index in [0.717, 1.165) is 44.3 Å². The Morgan fingerprint density at radius 3 is 2.43 bits per heavy atom. The third kappa shape index (κ3) is 7.51. The third-order valence-electron chi connectivity index (χ3n) is 3.54. The largest absolute Gasteiger partial charge is 0.493 e. The molecular weight excluding hydrogens is 284 g/mol. The second kappa shape index (κ2) is 9.82. The van der Waals surface area contributed by atoms with Crippen LogP contribution < -0.4 is 4.74 Å². The number of hydrogen-bond donors (Lipinski definition) is 0. The van der Waals surface area contributed by atoms with E-state index in [1.54, 1.807) is 6.92 Å². The van der Waals surface area contributed by atoms with Gasteiger partial charge in [-0.2, -0.15) is 0 Å². The van der Waals surface area contributed by atoms with Gasteiger partial charge in [-0.3, -0.25) is 0 Å². The summed E-state index contributed by atoms with van der Waals surface area (Å²) in [6.45, 7) is 4.58. The quantitative estimate of drug-likeness (QED) is 0.580. The van der Waals surface area contributed by atoms with Gasteiger partial charge in [0.2, 0.25) is 0 Å². The number of hydrogen-bond acceptors (Lipinski definition) is 3. The van der Waals surface area contributed by atoms with Crippen LogP contribution in [0.2, 0.25) is 0 Å². The minimum Gasteiger partial charge on any atom is -0.493 e. The maximum atomic E-state index is 11.3. The molecular formula is C17H28O3S. The maximum Gasteiger partial charge on any atom is 0.150 e. The highest BCUT2D eigenvalue weighted by Crippen LogP contribution is 2.19. The summed E-state index contributed by atoms with van der Waals surface area (Å²) in [4.78, 5) is 0. The fourth-order valence-electron chi connectivity index (χ4n) is 2.22. The van der Waals surface area contributed by atoms with E-state index in [1.165, 1.54) is 5.56 Å². The zero-order valence-corrected chi connectivity index (χ0v) is 14.1. The zero-order valence-electron chi connectivity index (χ0n) is 13.3. The number of para-hydroxylation sites is 1. The normalized spacial score (nSPS) is 11.5. The van der Waals surface area contributed by atoms with Crippen LogP contribution in [-0.2, 0) is 16.3 Å². The van der Waals surface area contributed by atoms with Crippen LogP contribution >= 0.6 is 0 Å². The molecule has 0 aliphatic rings.